The molecule has 2 atom stereocenters. The molecule has 1 amide bonds. The summed E-state index contributed by atoms with van der Waals surface area (Å²) in [6, 6.07) is 10.6. The van der Waals surface area contributed by atoms with Crippen molar-refractivity contribution in [1.29, 1.82) is 0 Å². The molecule has 0 radical (unpaired) electrons. The lowest BCUT2D eigenvalue weighted by Gasteiger charge is -2.20. The molecule has 29 heavy (non-hydrogen) atoms. The van der Waals surface area contributed by atoms with Crippen molar-refractivity contribution in [3.05, 3.63) is 75.9 Å². The average molecular weight is 398 g/mol. The number of hydrogen-bond acceptors (Lipinski definition) is 6. The van der Waals surface area contributed by atoms with Crippen molar-refractivity contribution in [3.8, 4) is 11.4 Å². The number of aromatic nitrogens is 2. The van der Waals surface area contributed by atoms with Crippen molar-refractivity contribution in [1.82, 2.24) is 15.5 Å². The molecular formula is C20H19FN4O4. The molecule has 0 spiro atoms. The molecule has 0 aliphatic carbocycles. The molecule has 150 valence electrons. The van der Waals surface area contributed by atoms with Gasteiger partial charge in [-0.2, -0.15) is 4.98 Å². The van der Waals surface area contributed by atoms with Crippen molar-refractivity contribution in [2.75, 3.05) is 0 Å². The number of benzene rings is 2. The van der Waals surface area contributed by atoms with E-state index in [-0.39, 0.29) is 28.9 Å². The van der Waals surface area contributed by atoms with Crippen molar-refractivity contribution in [2.24, 2.45) is 5.92 Å². The van der Waals surface area contributed by atoms with Gasteiger partial charge in [0.25, 0.3) is 11.6 Å². The second kappa shape index (κ2) is 8.59. The summed E-state index contributed by atoms with van der Waals surface area (Å²) in [5.41, 5.74) is 0.511. The molecule has 2 unspecified atom stereocenters. The molecule has 9 heteroatoms. The summed E-state index contributed by atoms with van der Waals surface area (Å²) in [6.07, 6.45) is 0.711. The number of halogens is 1. The number of carbonyl (C=O) groups is 1. The van der Waals surface area contributed by atoms with Gasteiger partial charge in [-0.25, -0.2) is 4.39 Å². The fourth-order valence-corrected chi connectivity index (χ4v) is 2.77. The minimum absolute atomic E-state index is 0.0501. The Balaban J connectivity index is 1.88. The van der Waals surface area contributed by atoms with Crippen LogP contribution in [-0.2, 0) is 0 Å². The monoisotopic (exact) mass is 398 g/mol. The van der Waals surface area contributed by atoms with Gasteiger partial charge in [0.15, 0.2) is 0 Å². The lowest BCUT2D eigenvalue weighted by atomic mass is 9.98. The predicted octanol–water partition coefficient (Wildman–Crippen LogP) is 4.30. The lowest BCUT2D eigenvalue weighted by molar-refractivity contribution is -0.384. The van der Waals surface area contributed by atoms with E-state index in [0.717, 1.165) is 6.07 Å². The van der Waals surface area contributed by atoms with Crippen molar-refractivity contribution >= 4 is 11.6 Å². The van der Waals surface area contributed by atoms with E-state index < -0.39 is 22.7 Å². The van der Waals surface area contributed by atoms with Gasteiger partial charge >= 0.3 is 0 Å². The Hall–Kier alpha value is -3.62. The molecule has 0 aliphatic rings. The van der Waals surface area contributed by atoms with E-state index in [1.165, 1.54) is 36.4 Å². The molecular weight excluding hydrogens is 379 g/mol. The van der Waals surface area contributed by atoms with E-state index in [1.807, 2.05) is 13.8 Å². The highest BCUT2D eigenvalue weighted by Crippen LogP contribution is 2.27. The Bertz CT molecular complexity index is 1040. The van der Waals surface area contributed by atoms with Gasteiger partial charge in [-0.15, -0.1) is 0 Å². The van der Waals surface area contributed by atoms with Gasteiger partial charge in [-0.05, 0) is 24.1 Å². The van der Waals surface area contributed by atoms with Crippen LogP contribution in [-0.4, -0.2) is 21.0 Å². The van der Waals surface area contributed by atoms with E-state index >= 15 is 0 Å². The zero-order valence-corrected chi connectivity index (χ0v) is 15.8. The number of carbonyl (C=O) groups excluding carboxylic acids is 1. The fourth-order valence-electron chi connectivity index (χ4n) is 2.77. The Morgan fingerprint density at radius 3 is 2.72 bits per heavy atom. The summed E-state index contributed by atoms with van der Waals surface area (Å²) in [4.78, 5) is 27.3. The third-order valence-corrected chi connectivity index (χ3v) is 4.61. The minimum Gasteiger partial charge on any atom is -0.340 e. The number of nitrogens with one attached hydrogen (secondary N) is 1. The van der Waals surface area contributed by atoms with Crippen LogP contribution >= 0.6 is 0 Å². The normalized spacial score (nSPS) is 12.9. The van der Waals surface area contributed by atoms with Gasteiger partial charge in [-0.1, -0.05) is 43.6 Å². The Morgan fingerprint density at radius 1 is 1.28 bits per heavy atom. The summed E-state index contributed by atoms with van der Waals surface area (Å²) >= 11 is 0. The van der Waals surface area contributed by atoms with Gasteiger partial charge < -0.3 is 9.84 Å². The topological polar surface area (TPSA) is 111 Å². The first-order valence-electron chi connectivity index (χ1n) is 9.04. The van der Waals surface area contributed by atoms with Crippen LogP contribution in [0.5, 0.6) is 0 Å². The summed E-state index contributed by atoms with van der Waals surface area (Å²) in [5.74, 6) is -0.679. The largest absolute Gasteiger partial charge is 0.340 e. The molecule has 0 bridgehead atoms. The lowest BCUT2D eigenvalue weighted by Crippen LogP contribution is -2.32. The predicted molar refractivity (Wildman–Crippen MR) is 102 cm³/mol. The van der Waals surface area contributed by atoms with E-state index in [1.54, 1.807) is 6.07 Å². The van der Waals surface area contributed by atoms with Gasteiger partial charge in [0.2, 0.25) is 11.7 Å². The third-order valence-electron chi connectivity index (χ3n) is 4.61. The second-order valence-electron chi connectivity index (χ2n) is 6.61. The number of hydrogen-bond donors (Lipinski definition) is 1. The number of non-ortho nitro benzene ring substituents is 1. The number of amides is 1. The van der Waals surface area contributed by atoms with Gasteiger partial charge in [-0.3, -0.25) is 14.9 Å². The third kappa shape index (κ3) is 4.63. The first kappa shape index (κ1) is 20.1. The number of nitro groups is 1. The average Bonchev–Trinajstić information content (AvgIpc) is 3.21. The van der Waals surface area contributed by atoms with E-state index in [4.69, 9.17) is 4.52 Å². The summed E-state index contributed by atoms with van der Waals surface area (Å²) in [5, 5.41) is 17.7. The zero-order chi connectivity index (χ0) is 21.0. The highest BCUT2D eigenvalue weighted by atomic mass is 19.1. The molecule has 0 saturated heterocycles. The van der Waals surface area contributed by atoms with Crippen LogP contribution in [0.4, 0.5) is 10.1 Å². The first-order chi connectivity index (χ1) is 13.9. The first-order valence-corrected chi connectivity index (χ1v) is 9.04. The van der Waals surface area contributed by atoms with Gasteiger partial charge in [0.1, 0.15) is 11.9 Å². The molecule has 2 aromatic carbocycles. The maximum Gasteiger partial charge on any atom is 0.270 e. The molecule has 0 fully saturated rings. The van der Waals surface area contributed by atoms with Crippen molar-refractivity contribution in [3.63, 3.8) is 0 Å². The molecule has 1 aromatic heterocycles. The molecule has 3 rings (SSSR count). The highest BCUT2D eigenvalue weighted by Gasteiger charge is 2.27. The molecule has 1 N–H and O–H groups in total. The standard InChI is InChI=1S/C20H19FN4O4/c1-3-12(2)17(22-19(26)14-7-4-8-15(21)10-14)20-23-18(24-29-20)13-6-5-9-16(11-13)25(27)28/h4-12,17H,3H2,1-2H3,(H,22,26). The number of nitro benzene ring substituents is 1. The SMILES string of the molecule is CCC(C)C(NC(=O)c1cccc(F)c1)c1nc(-c2cccc([N+](=O)[O-])c2)no1. The van der Waals surface area contributed by atoms with Gasteiger partial charge in [0.05, 0.1) is 4.92 Å². The molecule has 1 heterocycles. The van der Waals surface area contributed by atoms with Crippen LogP contribution in [0.3, 0.4) is 0 Å². The number of rotatable bonds is 7. The Labute approximate surface area is 165 Å². The molecule has 3 aromatic rings. The van der Waals surface area contributed by atoms with E-state index in [9.17, 15) is 19.3 Å². The van der Waals surface area contributed by atoms with Gasteiger partial charge in [0, 0.05) is 23.3 Å². The quantitative estimate of drug-likeness (QED) is 0.469. The Morgan fingerprint density at radius 2 is 2.03 bits per heavy atom. The minimum atomic E-state index is -0.601. The van der Waals surface area contributed by atoms with Crippen LogP contribution in [0.15, 0.2) is 53.1 Å². The molecule has 0 aliphatic heterocycles. The molecule has 8 nitrogen and oxygen atoms in total. The second-order valence-corrected chi connectivity index (χ2v) is 6.61. The van der Waals surface area contributed by atoms with Crippen LogP contribution in [0.1, 0.15) is 42.6 Å². The van der Waals surface area contributed by atoms with E-state index in [2.05, 4.69) is 15.5 Å². The van der Waals surface area contributed by atoms with Crippen LogP contribution < -0.4 is 5.32 Å². The summed E-state index contributed by atoms with van der Waals surface area (Å²) < 4.78 is 18.8. The Kier molecular flexibility index (Phi) is 5.96. The smallest absolute Gasteiger partial charge is 0.270 e. The highest BCUT2D eigenvalue weighted by molar-refractivity contribution is 5.94. The maximum absolute atomic E-state index is 13.4. The van der Waals surface area contributed by atoms with Crippen molar-refractivity contribution < 1.29 is 18.6 Å². The fraction of sp³-hybridized carbons (Fsp3) is 0.250. The summed E-state index contributed by atoms with van der Waals surface area (Å²) in [7, 11) is 0. The van der Waals surface area contributed by atoms with E-state index in [0.29, 0.717) is 12.0 Å². The van der Waals surface area contributed by atoms with Crippen LogP contribution in [0, 0.1) is 21.8 Å². The molecule has 0 saturated carbocycles. The number of nitrogens with zero attached hydrogens (tertiary/aromatic N) is 3. The van der Waals surface area contributed by atoms with Crippen molar-refractivity contribution in [2.45, 2.75) is 26.3 Å². The summed E-state index contributed by atoms with van der Waals surface area (Å²) in [6.45, 7) is 3.86. The van der Waals surface area contributed by atoms with Crippen LogP contribution in [0.25, 0.3) is 11.4 Å². The maximum atomic E-state index is 13.4. The van der Waals surface area contributed by atoms with Crippen LogP contribution in [0.2, 0.25) is 0 Å². The zero-order valence-electron chi connectivity index (χ0n) is 15.8.